The Labute approximate surface area is 120 Å². The molecule has 0 fully saturated rings. The molecule has 0 spiro atoms. The van der Waals surface area contributed by atoms with Crippen molar-refractivity contribution in [3.8, 4) is 0 Å². The molecule has 1 unspecified atom stereocenters. The normalized spacial score (nSPS) is 21.6. The molecule has 0 saturated carbocycles. The first kappa shape index (κ1) is 13.0. The van der Waals surface area contributed by atoms with Crippen LogP contribution < -0.4 is 5.32 Å². The van der Waals surface area contributed by atoms with Gasteiger partial charge in [-0.3, -0.25) is 0 Å². The van der Waals surface area contributed by atoms with Gasteiger partial charge in [-0.15, -0.1) is 12.4 Å². The molecule has 19 heavy (non-hydrogen) atoms. The van der Waals surface area contributed by atoms with Gasteiger partial charge < -0.3 is 9.88 Å². The van der Waals surface area contributed by atoms with Crippen molar-refractivity contribution in [2.75, 3.05) is 13.1 Å². The van der Waals surface area contributed by atoms with Crippen molar-refractivity contribution >= 4 is 23.3 Å². The Balaban J connectivity index is 0.00000110. The van der Waals surface area contributed by atoms with Crippen LogP contribution in [0.4, 0.5) is 0 Å². The molecule has 1 aromatic carbocycles. The molecule has 3 heteroatoms. The van der Waals surface area contributed by atoms with Gasteiger partial charge in [-0.1, -0.05) is 25.1 Å². The van der Waals surface area contributed by atoms with Gasteiger partial charge in [0.25, 0.3) is 0 Å². The number of hydrogen-bond acceptors (Lipinski definition) is 1. The zero-order valence-corrected chi connectivity index (χ0v) is 12.2. The second-order valence-corrected chi connectivity index (χ2v) is 5.91. The summed E-state index contributed by atoms with van der Waals surface area (Å²) >= 11 is 0. The van der Waals surface area contributed by atoms with Crippen LogP contribution >= 0.6 is 12.4 Å². The van der Waals surface area contributed by atoms with E-state index >= 15 is 0 Å². The maximum Gasteiger partial charge on any atom is 0.0518 e. The van der Waals surface area contributed by atoms with Crippen LogP contribution in [0, 0.1) is 5.92 Å². The molecule has 0 saturated heterocycles. The zero-order chi connectivity index (χ0) is 12.1. The summed E-state index contributed by atoms with van der Waals surface area (Å²) in [5.74, 6) is 0.774. The van der Waals surface area contributed by atoms with Crippen LogP contribution in [0.1, 0.15) is 23.7 Å². The third kappa shape index (κ3) is 1.89. The number of benzene rings is 1. The van der Waals surface area contributed by atoms with Crippen LogP contribution in [0.25, 0.3) is 10.9 Å². The highest BCUT2D eigenvalue weighted by molar-refractivity contribution is 5.89. The zero-order valence-electron chi connectivity index (χ0n) is 11.4. The number of aromatic nitrogens is 1. The minimum Gasteiger partial charge on any atom is -0.344 e. The van der Waals surface area contributed by atoms with E-state index in [0.29, 0.717) is 0 Å². The first-order valence-corrected chi connectivity index (χ1v) is 7.17. The number of nitrogens with zero attached hydrogens (tertiary/aromatic N) is 1. The number of rotatable bonds is 0. The Morgan fingerprint density at radius 1 is 1.21 bits per heavy atom. The Morgan fingerprint density at radius 2 is 2.05 bits per heavy atom. The number of hydrogen-bond donors (Lipinski definition) is 1. The molecular weight excluding hydrogens is 256 g/mol. The third-order valence-electron chi connectivity index (χ3n) is 4.54. The fourth-order valence-corrected chi connectivity index (χ4v) is 3.83. The molecule has 2 aliphatic heterocycles. The smallest absolute Gasteiger partial charge is 0.0518 e. The summed E-state index contributed by atoms with van der Waals surface area (Å²) in [4.78, 5) is 0. The summed E-state index contributed by atoms with van der Waals surface area (Å²) in [7, 11) is 0. The summed E-state index contributed by atoms with van der Waals surface area (Å²) in [6.07, 6.45) is 3.63. The van der Waals surface area contributed by atoms with Gasteiger partial charge in [0.1, 0.15) is 0 Å². The lowest BCUT2D eigenvalue weighted by Crippen LogP contribution is -2.20. The van der Waals surface area contributed by atoms with Crippen molar-refractivity contribution < 1.29 is 0 Å². The molecule has 2 aromatic rings. The highest BCUT2D eigenvalue weighted by Gasteiger charge is 2.24. The first-order chi connectivity index (χ1) is 8.84. The van der Waals surface area contributed by atoms with Crippen LogP contribution in [-0.4, -0.2) is 17.7 Å². The summed E-state index contributed by atoms with van der Waals surface area (Å²) < 4.78 is 2.63. The summed E-state index contributed by atoms with van der Waals surface area (Å²) in [6.45, 7) is 5.85. The quantitative estimate of drug-likeness (QED) is 0.783. The van der Waals surface area contributed by atoms with E-state index in [4.69, 9.17) is 0 Å². The number of fused-ring (bicyclic) bond motifs is 3. The molecule has 1 N–H and O–H groups in total. The molecule has 3 heterocycles. The van der Waals surface area contributed by atoms with Crippen molar-refractivity contribution in [1.82, 2.24) is 9.88 Å². The minimum atomic E-state index is 0. The van der Waals surface area contributed by atoms with E-state index in [1.165, 1.54) is 31.2 Å². The topological polar surface area (TPSA) is 17.0 Å². The summed E-state index contributed by atoms with van der Waals surface area (Å²) in [5, 5.41) is 5.05. The van der Waals surface area contributed by atoms with E-state index in [2.05, 4.69) is 35.0 Å². The van der Waals surface area contributed by atoms with Gasteiger partial charge >= 0.3 is 0 Å². The molecule has 2 nitrogen and oxygen atoms in total. The molecule has 4 rings (SSSR count). The van der Waals surface area contributed by atoms with Gasteiger partial charge in [0.05, 0.1) is 5.52 Å². The van der Waals surface area contributed by atoms with E-state index in [1.54, 1.807) is 22.3 Å². The maximum atomic E-state index is 3.53. The lowest BCUT2D eigenvalue weighted by Gasteiger charge is -2.23. The molecule has 0 aliphatic carbocycles. The molecule has 0 radical (unpaired) electrons. The fourth-order valence-electron chi connectivity index (χ4n) is 3.83. The van der Waals surface area contributed by atoms with Crippen molar-refractivity contribution in [2.45, 2.75) is 32.7 Å². The highest BCUT2D eigenvalue weighted by atomic mass is 35.5. The number of halogens is 1. The van der Waals surface area contributed by atoms with Gasteiger partial charge in [0, 0.05) is 30.6 Å². The average molecular weight is 277 g/mol. The Hall–Kier alpha value is -0.990. The highest BCUT2D eigenvalue weighted by Crippen LogP contribution is 2.35. The third-order valence-corrected chi connectivity index (χ3v) is 4.54. The fraction of sp³-hybridized carbons (Fsp3) is 0.500. The van der Waals surface area contributed by atoms with E-state index in [-0.39, 0.29) is 12.4 Å². The van der Waals surface area contributed by atoms with Gasteiger partial charge in [0.15, 0.2) is 0 Å². The predicted octanol–water partition coefficient (Wildman–Crippen LogP) is 2.94. The minimum absolute atomic E-state index is 0. The van der Waals surface area contributed by atoms with Crippen LogP contribution in [0.15, 0.2) is 18.2 Å². The molecular formula is C16H21ClN2. The molecule has 2 aliphatic rings. The van der Waals surface area contributed by atoms with Crippen molar-refractivity contribution in [2.24, 2.45) is 5.92 Å². The van der Waals surface area contributed by atoms with Crippen molar-refractivity contribution in [3.63, 3.8) is 0 Å². The van der Waals surface area contributed by atoms with Crippen LogP contribution in [0.2, 0.25) is 0 Å². The predicted molar refractivity (Wildman–Crippen MR) is 82.3 cm³/mol. The molecule has 1 aromatic heterocycles. The monoisotopic (exact) mass is 276 g/mol. The summed E-state index contributed by atoms with van der Waals surface area (Å²) in [5.41, 5.74) is 6.33. The standard InChI is InChI=1S/C16H20N2.ClH/c1-11-9-12-3-2-4-14-13-5-7-17-8-6-15(13)18(10-11)16(12)14;/h2-4,11,17H,5-10H2,1H3;1H. The molecule has 0 amide bonds. The van der Waals surface area contributed by atoms with E-state index in [0.717, 1.165) is 19.0 Å². The Kier molecular flexibility index (Phi) is 3.32. The molecule has 0 bridgehead atoms. The second-order valence-electron chi connectivity index (χ2n) is 5.91. The largest absolute Gasteiger partial charge is 0.344 e. The molecule has 102 valence electrons. The van der Waals surface area contributed by atoms with Gasteiger partial charge in [0.2, 0.25) is 0 Å². The maximum absolute atomic E-state index is 3.53. The van der Waals surface area contributed by atoms with Crippen LogP contribution in [0.5, 0.6) is 0 Å². The average Bonchev–Trinajstić information content (AvgIpc) is 2.55. The molecule has 1 atom stereocenters. The van der Waals surface area contributed by atoms with E-state index < -0.39 is 0 Å². The van der Waals surface area contributed by atoms with Crippen LogP contribution in [0.3, 0.4) is 0 Å². The second kappa shape index (κ2) is 4.84. The van der Waals surface area contributed by atoms with Gasteiger partial charge in [-0.05, 0) is 36.4 Å². The van der Waals surface area contributed by atoms with E-state index in [1.807, 2.05) is 0 Å². The number of para-hydroxylation sites is 1. The number of nitrogens with one attached hydrogen (secondary N) is 1. The first-order valence-electron chi connectivity index (χ1n) is 7.17. The SMILES string of the molecule is CC1Cc2cccc3c4c(n(c23)C1)CCNCC4.Cl. The van der Waals surface area contributed by atoms with Gasteiger partial charge in [-0.2, -0.15) is 0 Å². The Bertz CT molecular complexity index is 615. The van der Waals surface area contributed by atoms with E-state index in [9.17, 15) is 0 Å². The lowest BCUT2D eigenvalue weighted by atomic mass is 9.95. The lowest BCUT2D eigenvalue weighted by molar-refractivity contribution is 0.461. The van der Waals surface area contributed by atoms with Crippen molar-refractivity contribution in [3.05, 3.63) is 35.0 Å². The van der Waals surface area contributed by atoms with Crippen molar-refractivity contribution in [1.29, 1.82) is 0 Å². The summed E-state index contributed by atoms with van der Waals surface area (Å²) in [6, 6.07) is 6.90. The Morgan fingerprint density at radius 3 is 2.95 bits per heavy atom. The van der Waals surface area contributed by atoms with Gasteiger partial charge in [-0.25, -0.2) is 0 Å². The van der Waals surface area contributed by atoms with Crippen LogP contribution in [-0.2, 0) is 25.8 Å².